The molecule has 3 aromatic carbocycles. The molecule has 232 valence electrons. The average molecular weight is 640 g/mol. The predicted octanol–water partition coefficient (Wildman–Crippen LogP) is 5.30. The van der Waals surface area contributed by atoms with Crippen LogP contribution in [0.4, 0.5) is 18.9 Å². The van der Waals surface area contributed by atoms with Crippen molar-refractivity contribution in [3.8, 4) is 5.75 Å². The van der Waals surface area contributed by atoms with Crippen LogP contribution in [0.5, 0.6) is 5.75 Å². The molecule has 0 bridgehead atoms. The number of carbonyl (C=O) groups excluding carboxylic acids is 2. The summed E-state index contributed by atoms with van der Waals surface area (Å²) in [6, 6.07) is 16.9. The Morgan fingerprint density at radius 2 is 1.67 bits per heavy atom. The maximum Gasteiger partial charge on any atom is 0.416 e. The van der Waals surface area contributed by atoms with Crippen molar-refractivity contribution < 1.29 is 35.9 Å². The van der Waals surface area contributed by atoms with Gasteiger partial charge in [-0.05, 0) is 47.9 Å². The highest BCUT2D eigenvalue weighted by atomic mass is 35.5. The molecule has 0 spiro atoms. The van der Waals surface area contributed by atoms with E-state index in [-0.39, 0.29) is 18.0 Å². The van der Waals surface area contributed by atoms with E-state index in [2.05, 4.69) is 5.32 Å². The first-order chi connectivity index (χ1) is 20.2. The average Bonchev–Trinajstić information content (AvgIpc) is 2.96. The SMILES string of the molecule is CCCNC(=O)C(Cc1ccccc1)N(Cc1cccc(OC)c1)C(=O)CN(c1cc(C(F)(F)F)ccc1Cl)S(C)(=O)=O. The quantitative estimate of drug-likeness (QED) is 0.274. The van der Waals surface area contributed by atoms with Crippen LogP contribution in [0, 0.1) is 0 Å². The fourth-order valence-electron chi connectivity index (χ4n) is 4.36. The first-order valence-electron chi connectivity index (χ1n) is 13.3. The molecular weight excluding hydrogens is 607 g/mol. The highest BCUT2D eigenvalue weighted by molar-refractivity contribution is 7.92. The lowest BCUT2D eigenvalue weighted by molar-refractivity contribution is -0.140. The Hall–Kier alpha value is -3.77. The number of rotatable bonds is 13. The molecule has 0 saturated heterocycles. The highest BCUT2D eigenvalue weighted by Gasteiger charge is 2.35. The van der Waals surface area contributed by atoms with E-state index in [1.165, 1.54) is 12.0 Å². The number of alkyl halides is 3. The fourth-order valence-corrected chi connectivity index (χ4v) is 5.49. The number of amides is 2. The number of hydrogen-bond acceptors (Lipinski definition) is 5. The first kappa shape index (κ1) is 33.7. The molecule has 0 heterocycles. The smallest absolute Gasteiger partial charge is 0.416 e. The van der Waals surface area contributed by atoms with Crippen LogP contribution in [-0.4, -0.2) is 57.6 Å². The van der Waals surface area contributed by atoms with Crippen molar-refractivity contribution in [2.24, 2.45) is 0 Å². The van der Waals surface area contributed by atoms with E-state index in [1.54, 1.807) is 54.6 Å². The zero-order chi connectivity index (χ0) is 31.8. The van der Waals surface area contributed by atoms with Crippen molar-refractivity contribution >= 4 is 39.1 Å². The van der Waals surface area contributed by atoms with Gasteiger partial charge in [0.25, 0.3) is 0 Å². The number of nitrogens with one attached hydrogen (secondary N) is 1. The molecule has 0 aliphatic rings. The van der Waals surface area contributed by atoms with Gasteiger partial charge in [-0.1, -0.05) is 61.0 Å². The number of hydrogen-bond donors (Lipinski definition) is 1. The molecule has 0 fully saturated rings. The molecule has 3 rings (SSSR count). The van der Waals surface area contributed by atoms with E-state index in [0.717, 1.165) is 24.0 Å². The summed E-state index contributed by atoms with van der Waals surface area (Å²) in [6.45, 7) is 1.17. The first-order valence-corrected chi connectivity index (χ1v) is 15.6. The number of anilines is 1. The number of nitrogens with zero attached hydrogens (tertiary/aromatic N) is 2. The molecule has 1 N–H and O–H groups in total. The van der Waals surface area contributed by atoms with E-state index in [4.69, 9.17) is 16.3 Å². The Bertz CT molecular complexity index is 1520. The summed E-state index contributed by atoms with van der Waals surface area (Å²) in [5.74, 6) is -0.798. The van der Waals surface area contributed by atoms with Crippen LogP contribution in [0.2, 0.25) is 5.02 Å². The third-order valence-electron chi connectivity index (χ3n) is 6.53. The Kier molecular flexibility index (Phi) is 11.5. The van der Waals surface area contributed by atoms with E-state index in [9.17, 15) is 31.2 Å². The van der Waals surface area contributed by atoms with Crippen LogP contribution in [-0.2, 0) is 38.8 Å². The summed E-state index contributed by atoms with van der Waals surface area (Å²) in [6.07, 6.45) is -3.30. The van der Waals surface area contributed by atoms with Crippen LogP contribution in [0.3, 0.4) is 0 Å². The van der Waals surface area contributed by atoms with Gasteiger partial charge in [-0.15, -0.1) is 0 Å². The summed E-state index contributed by atoms with van der Waals surface area (Å²) in [7, 11) is -2.85. The maximum absolute atomic E-state index is 14.1. The molecule has 0 saturated carbocycles. The van der Waals surface area contributed by atoms with Gasteiger partial charge in [0.1, 0.15) is 18.3 Å². The lowest BCUT2D eigenvalue weighted by atomic mass is 10.0. The van der Waals surface area contributed by atoms with Gasteiger partial charge in [0, 0.05) is 19.5 Å². The molecule has 0 aliphatic carbocycles. The molecule has 0 radical (unpaired) electrons. The Morgan fingerprint density at radius 3 is 2.28 bits per heavy atom. The van der Waals surface area contributed by atoms with Gasteiger partial charge in [0.15, 0.2) is 0 Å². The minimum absolute atomic E-state index is 0.0925. The second-order valence-corrected chi connectivity index (χ2v) is 12.1. The second kappa shape index (κ2) is 14.6. The Labute approximate surface area is 254 Å². The summed E-state index contributed by atoms with van der Waals surface area (Å²) in [4.78, 5) is 28.8. The minimum atomic E-state index is -4.79. The van der Waals surface area contributed by atoms with Crippen molar-refractivity contribution in [1.29, 1.82) is 0 Å². The number of methoxy groups -OCH3 is 1. The van der Waals surface area contributed by atoms with E-state index in [0.29, 0.717) is 34.7 Å². The van der Waals surface area contributed by atoms with Crippen LogP contribution < -0.4 is 14.4 Å². The molecule has 2 amide bonds. The lowest BCUT2D eigenvalue weighted by Gasteiger charge is -2.33. The zero-order valence-corrected chi connectivity index (χ0v) is 25.5. The molecular formula is C30H33ClF3N3O5S. The van der Waals surface area contributed by atoms with Crippen LogP contribution in [0.25, 0.3) is 0 Å². The summed E-state index contributed by atoms with van der Waals surface area (Å²) in [5, 5.41) is 2.51. The van der Waals surface area contributed by atoms with Gasteiger partial charge in [0.05, 0.1) is 29.6 Å². The van der Waals surface area contributed by atoms with Gasteiger partial charge >= 0.3 is 6.18 Å². The molecule has 1 unspecified atom stereocenters. The topological polar surface area (TPSA) is 96.0 Å². The lowest BCUT2D eigenvalue weighted by Crippen LogP contribution is -2.53. The minimum Gasteiger partial charge on any atom is -0.497 e. The Balaban J connectivity index is 2.11. The molecule has 13 heteroatoms. The standard InChI is InChI=1S/C30H33ClF3N3O5S/c1-4-15-35-29(39)27(17-21-9-6-5-7-10-21)36(19-22-11-8-12-24(16-22)42-2)28(38)20-37(43(3,40)41)26-18-23(30(32,33)34)13-14-25(26)31/h5-14,16,18,27H,4,15,17,19-20H2,1-3H3,(H,35,39). The normalized spacial score (nSPS) is 12.3. The monoisotopic (exact) mass is 639 g/mol. The van der Waals surface area contributed by atoms with Crippen LogP contribution >= 0.6 is 11.6 Å². The molecule has 1 atom stereocenters. The number of halogens is 4. The largest absolute Gasteiger partial charge is 0.497 e. The number of sulfonamides is 1. The van der Waals surface area contributed by atoms with Gasteiger partial charge in [0.2, 0.25) is 21.8 Å². The third-order valence-corrected chi connectivity index (χ3v) is 7.97. The van der Waals surface area contributed by atoms with E-state index in [1.807, 2.05) is 6.92 Å². The van der Waals surface area contributed by atoms with Crippen molar-refractivity contribution in [3.05, 3.63) is 94.5 Å². The summed E-state index contributed by atoms with van der Waals surface area (Å²) < 4.78 is 72.2. The van der Waals surface area contributed by atoms with Crippen molar-refractivity contribution in [1.82, 2.24) is 10.2 Å². The molecule has 3 aromatic rings. The second-order valence-electron chi connectivity index (χ2n) is 9.80. The van der Waals surface area contributed by atoms with Crippen LogP contribution in [0.15, 0.2) is 72.8 Å². The van der Waals surface area contributed by atoms with Gasteiger partial charge in [-0.25, -0.2) is 8.42 Å². The van der Waals surface area contributed by atoms with E-state index >= 15 is 0 Å². The maximum atomic E-state index is 14.1. The van der Waals surface area contributed by atoms with Gasteiger partial charge in [-0.3, -0.25) is 13.9 Å². The van der Waals surface area contributed by atoms with Crippen molar-refractivity contribution in [2.45, 2.75) is 38.5 Å². The molecule has 0 aromatic heterocycles. The number of ether oxygens (including phenoxy) is 1. The fraction of sp³-hybridized carbons (Fsp3) is 0.333. The Morgan fingerprint density at radius 1 is 1.00 bits per heavy atom. The third kappa shape index (κ3) is 9.36. The number of benzene rings is 3. The summed E-state index contributed by atoms with van der Waals surface area (Å²) in [5.41, 5.74) is -0.327. The molecule has 8 nitrogen and oxygen atoms in total. The van der Waals surface area contributed by atoms with Gasteiger partial charge < -0.3 is 15.0 Å². The number of carbonyl (C=O) groups is 2. The van der Waals surface area contributed by atoms with Crippen molar-refractivity contribution in [3.63, 3.8) is 0 Å². The van der Waals surface area contributed by atoms with Crippen molar-refractivity contribution in [2.75, 3.05) is 30.8 Å². The molecule has 0 aliphatic heterocycles. The molecule has 43 heavy (non-hydrogen) atoms. The van der Waals surface area contributed by atoms with Crippen LogP contribution in [0.1, 0.15) is 30.0 Å². The predicted molar refractivity (Wildman–Crippen MR) is 159 cm³/mol. The van der Waals surface area contributed by atoms with E-state index < -0.39 is 51.9 Å². The highest BCUT2D eigenvalue weighted by Crippen LogP contribution is 2.36. The zero-order valence-electron chi connectivity index (χ0n) is 23.9. The summed E-state index contributed by atoms with van der Waals surface area (Å²) >= 11 is 6.17. The van der Waals surface area contributed by atoms with Gasteiger partial charge in [-0.2, -0.15) is 13.2 Å².